The summed E-state index contributed by atoms with van der Waals surface area (Å²) in [4.78, 5) is 20.8. The Morgan fingerprint density at radius 3 is 2.53 bits per heavy atom. The Hall–Kier alpha value is -3.44. The molecule has 0 aliphatic carbocycles. The molecule has 0 amide bonds. The van der Waals surface area contributed by atoms with Crippen molar-refractivity contribution in [3.05, 3.63) is 63.8 Å². The van der Waals surface area contributed by atoms with Crippen LogP contribution in [0.25, 0.3) is 21.5 Å². The number of nitrogens with zero attached hydrogens (tertiary/aromatic N) is 3. The van der Waals surface area contributed by atoms with Crippen molar-refractivity contribution in [2.75, 3.05) is 26.2 Å². The van der Waals surface area contributed by atoms with Crippen LogP contribution in [-0.2, 0) is 28.5 Å². The summed E-state index contributed by atoms with van der Waals surface area (Å²) in [6.45, 7) is 12.4. The van der Waals surface area contributed by atoms with E-state index in [2.05, 4.69) is 15.0 Å². The number of fused-ring (bicyclic) bond motifs is 1. The topological polar surface area (TPSA) is 77.7 Å². The number of piperidine rings is 1. The molecular formula is C34H40F3N3O4S. The first-order valence-corrected chi connectivity index (χ1v) is 16.3. The van der Waals surface area contributed by atoms with Gasteiger partial charge in [-0.15, -0.1) is 11.3 Å². The highest BCUT2D eigenvalue weighted by Crippen LogP contribution is 2.40. The van der Waals surface area contributed by atoms with E-state index in [1.165, 1.54) is 42.7 Å². The maximum atomic E-state index is 13.7. The number of halogens is 3. The van der Waals surface area contributed by atoms with E-state index in [1.54, 1.807) is 26.0 Å². The number of aryl methyl sites for hydroxylation is 3. The van der Waals surface area contributed by atoms with Gasteiger partial charge < -0.3 is 14.0 Å². The molecule has 11 heteroatoms. The van der Waals surface area contributed by atoms with Crippen LogP contribution >= 0.6 is 11.3 Å². The normalized spacial score (nSPS) is 14.8. The van der Waals surface area contributed by atoms with E-state index in [4.69, 9.17) is 14.0 Å². The molecule has 1 aliphatic rings. The van der Waals surface area contributed by atoms with Gasteiger partial charge in [-0.1, -0.05) is 43.6 Å². The predicted molar refractivity (Wildman–Crippen MR) is 169 cm³/mol. The Labute approximate surface area is 265 Å². The maximum Gasteiger partial charge on any atom is 0.417 e. The highest BCUT2D eigenvalue weighted by Gasteiger charge is 2.35. The summed E-state index contributed by atoms with van der Waals surface area (Å²) >= 11 is 1.29. The van der Waals surface area contributed by atoms with Crippen LogP contribution in [0.3, 0.4) is 0 Å². The van der Waals surface area contributed by atoms with Gasteiger partial charge in [-0.25, -0.2) is 9.78 Å². The molecule has 1 aliphatic heterocycles. The number of likely N-dealkylation sites (tertiary alicyclic amines) is 1. The van der Waals surface area contributed by atoms with Gasteiger partial charge in [-0.3, -0.25) is 4.90 Å². The molecule has 1 saturated heterocycles. The fourth-order valence-electron chi connectivity index (χ4n) is 5.61. The van der Waals surface area contributed by atoms with Crippen LogP contribution in [0.5, 0.6) is 5.75 Å². The van der Waals surface area contributed by atoms with Crippen molar-refractivity contribution < 1.29 is 32.0 Å². The number of ether oxygens (including phenoxy) is 2. The molecule has 5 rings (SSSR count). The highest BCUT2D eigenvalue weighted by atomic mass is 32.1. The SMILES string of the molecule is Cc1cc2c(CCc3sc(-c4ccccc4C(F)(F)F)nc3C(C)C)noc2cc1OC(C)(C)C(=O)OCCN1CCCCC1. The number of carbonyl (C=O) groups is 1. The number of thiazole rings is 1. The molecular weight excluding hydrogens is 603 g/mol. The third-order valence-electron chi connectivity index (χ3n) is 8.11. The first kappa shape index (κ1) is 32.9. The quantitative estimate of drug-likeness (QED) is 0.152. The number of carbonyl (C=O) groups excluding carboxylic acids is 1. The van der Waals surface area contributed by atoms with Crippen LogP contribution in [0.2, 0.25) is 0 Å². The summed E-state index contributed by atoms with van der Waals surface area (Å²) in [6, 6.07) is 9.22. The van der Waals surface area contributed by atoms with Crippen molar-refractivity contribution in [2.45, 2.75) is 84.4 Å². The van der Waals surface area contributed by atoms with Gasteiger partial charge in [0.05, 0.1) is 17.0 Å². The molecule has 0 bridgehead atoms. The summed E-state index contributed by atoms with van der Waals surface area (Å²) in [5, 5.41) is 5.48. The zero-order valence-corrected chi connectivity index (χ0v) is 27.2. The Kier molecular flexibility index (Phi) is 9.88. The largest absolute Gasteiger partial charge is 0.476 e. The predicted octanol–water partition coefficient (Wildman–Crippen LogP) is 8.37. The summed E-state index contributed by atoms with van der Waals surface area (Å²) < 4.78 is 58.5. The molecule has 1 fully saturated rings. The number of alkyl halides is 3. The molecule has 2 aromatic heterocycles. The fraction of sp³-hybridized carbons (Fsp3) is 0.500. The monoisotopic (exact) mass is 643 g/mol. The van der Waals surface area contributed by atoms with E-state index in [0.29, 0.717) is 35.8 Å². The molecule has 0 atom stereocenters. The number of rotatable bonds is 11. The molecule has 4 aromatic rings. The zero-order chi connectivity index (χ0) is 32.4. The van der Waals surface area contributed by atoms with E-state index in [9.17, 15) is 18.0 Å². The van der Waals surface area contributed by atoms with Gasteiger partial charge in [0.15, 0.2) is 11.2 Å². The lowest BCUT2D eigenvalue weighted by molar-refractivity contribution is -0.159. The molecule has 0 unspecified atom stereocenters. The van der Waals surface area contributed by atoms with Gasteiger partial charge in [-0.2, -0.15) is 13.2 Å². The number of hydrogen-bond acceptors (Lipinski definition) is 8. The van der Waals surface area contributed by atoms with Crippen molar-refractivity contribution in [1.29, 1.82) is 0 Å². The Morgan fingerprint density at radius 2 is 1.82 bits per heavy atom. The summed E-state index contributed by atoms with van der Waals surface area (Å²) in [5.74, 6) is 0.111. The van der Waals surface area contributed by atoms with Gasteiger partial charge in [-0.05, 0) is 83.2 Å². The molecule has 0 radical (unpaired) electrons. The van der Waals surface area contributed by atoms with Crippen molar-refractivity contribution >= 4 is 28.3 Å². The van der Waals surface area contributed by atoms with Crippen molar-refractivity contribution in [2.24, 2.45) is 0 Å². The molecule has 0 N–H and O–H groups in total. The van der Waals surface area contributed by atoms with Crippen molar-refractivity contribution in [3.8, 4) is 16.3 Å². The minimum Gasteiger partial charge on any atom is -0.476 e. The molecule has 0 spiro atoms. The number of benzene rings is 2. The van der Waals surface area contributed by atoms with Crippen LogP contribution in [0.15, 0.2) is 40.9 Å². The van der Waals surface area contributed by atoms with Crippen LogP contribution in [-0.4, -0.2) is 52.9 Å². The van der Waals surface area contributed by atoms with E-state index in [-0.39, 0.29) is 11.5 Å². The van der Waals surface area contributed by atoms with Crippen LogP contribution in [0.4, 0.5) is 13.2 Å². The second-order valence-corrected chi connectivity index (χ2v) is 13.5. The summed E-state index contributed by atoms with van der Waals surface area (Å²) in [7, 11) is 0. The Balaban J connectivity index is 1.28. The lowest BCUT2D eigenvalue weighted by Crippen LogP contribution is -2.41. The van der Waals surface area contributed by atoms with Gasteiger partial charge in [0.2, 0.25) is 0 Å². The van der Waals surface area contributed by atoms with Gasteiger partial charge in [0.1, 0.15) is 17.4 Å². The molecule has 3 heterocycles. The first-order valence-electron chi connectivity index (χ1n) is 15.5. The van der Waals surface area contributed by atoms with Gasteiger partial charge >= 0.3 is 12.1 Å². The average Bonchev–Trinajstić information content (AvgIpc) is 3.60. The third-order valence-corrected chi connectivity index (χ3v) is 9.28. The number of esters is 1. The Morgan fingerprint density at radius 1 is 1.09 bits per heavy atom. The van der Waals surface area contributed by atoms with Crippen LogP contribution < -0.4 is 4.74 Å². The minimum absolute atomic E-state index is 0.0406. The van der Waals surface area contributed by atoms with Crippen LogP contribution in [0, 0.1) is 6.92 Å². The maximum absolute atomic E-state index is 13.7. The lowest BCUT2D eigenvalue weighted by atomic mass is 10.0. The first-order chi connectivity index (χ1) is 21.3. The average molecular weight is 644 g/mol. The Bertz CT molecular complexity index is 1640. The van der Waals surface area contributed by atoms with E-state index < -0.39 is 23.3 Å². The standard InChI is InChI=1S/C34H40F3N3O4S/c1-21(2)30-29(45-31(38-30)23-11-7-8-12-25(23)34(35,36)37)14-13-26-24-19-22(3)27(20-28(24)44-39-26)43-33(4,5)32(41)42-18-17-40-15-9-6-10-16-40/h7-8,11-12,19-21H,6,9-10,13-18H2,1-5H3. The molecule has 45 heavy (non-hydrogen) atoms. The second-order valence-electron chi connectivity index (χ2n) is 12.4. The molecule has 242 valence electrons. The van der Waals surface area contributed by atoms with E-state index >= 15 is 0 Å². The lowest BCUT2D eigenvalue weighted by Gasteiger charge is -2.28. The molecule has 2 aromatic carbocycles. The van der Waals surface area contributed by atoms with Gasteiger partial charge in [0.25, 0.3) is 0 Å². The smallest absolute Gasteiger partial charge is 0.417 e. The second kappa shape index (κ2) is 13.5. The third kappa shape index (κ3) is 7.69. The van der Waals surface area contributed by atoms with E-state index in [0.717, 1.165) is 52.9 Å². The number of hydrogen-bond donors (Lipinski definition) is 0. The van der Waals surface area contributed by atoms with Crippen molar-refractivity contribution in [3.63, 3.8) is 0 Å². The molecule has 7 nitrogen and oxygen atoms in total. The van der Waals surface area contributed by atoms with Crippen molar-refractivity contribution in [1.82, 2.24) is 15.0 Å². The van der Waals surface area contributed by atoms with E-state index in [1.807, 2.05) is 26.8 Å². The highest BCUT2D eigenvalue weighted by molar-refractivity contribution is 7.15. The molecule has 0 saturated carbocycles. The van der Waals surface area contributed by atoms with Crippen LogP contribution in [0.1, 0.15) is 80.3 Å². The zero-order valence-electron chi connectivity index (χ0n) is 26.4. The minimum atomic E-state index is -4.47. The summed E-state index contributed by atoms with van der Waals surface area (Å²) in [6.07, 6.45) is 0.211. The fourth-order valence-corrected chi connectivity index (χ4v) is 6.87. The number of aromatic nitrogens is 2. The van der Waals surface area contributed by atoms with Gasteiger partial charge in [0, 0.05) is 28.4 Å². The summed E-state index contributed by atoms with van der Waals surface area (Å²) in [5.41, 5.74) is 1.05.